The Kier molecular flexibility index (Phi) is 4.20. The minimum Gasteiger partial charge on any atom is -0.275 e. The second-order valence-electron chi connectivity index (χ2n) is 6.65. The van der Waals surface area contributed by atoms with Crippen molar-refractivity contribution in [1.29, 1.82) is 0 Å². The van der Waals surface area contributed by atoms with Crippen LogP contribution < -0.4 is 11.2 Å². The summed E-state index contributed by atoms with van der Waals surface area (Å²) < 4.78 is 5.08. The number of rotatable bonds is 4. The van der Waals surface area contributed by atoms with Crippen LogP contribution in [0.4, 0.5) is 0 Å². The fourth-order valence-electron chi connectivity index (χ4n) is 3.07. The van der Waals surface area contributed by atoms with E-state index in [1.807, 2.05) is 31.4 Å². The summed E-state index contributed by atoms with van der Waals surface area (Å²) in [4.78, 5) is 25.9. The Hall–Kier alpha value is -2.38. The van der Waals surface area contributed by atoms with Crippen LogP contribution in [0.3, 0.4) is 0 Å². The average Bonchev–Trinajstić information content (AvgIpc) is 3.17. The minimum absolute atomic E-state index is 0.101. The van der Waals surface area contributed by atoms with Crippen LogP contribution in [0.1, 0.15) is 19.4 Å². The monoisotopic (exact) mass is 388 g/mol. The topological polar surface area (TPSA) is 61.3 Å². The molecule has 3 aromatic heterocycles. The smallest absolute Gasteiger partial charge is 0.275 e. The molecule has 0 aliphatic rings. The van der Waals surface area contributed by atoms with Gasteiger partial charge in [0.15, 0.2) is 0 Å². The van der Waals surface area contributed by atoms with Gasteiger partial charge in [0.2, 0.25) is 5.78 Å². The van der Waals surface area contributed by atoms with Crippen LogP contribution >= 0.6 is 22.9 Å². The van der Waals surface area contributed by atoms with E-state index in [4.69, 9.17) is 11.6 Å². The summed E-state index contributed by atoms with van der Waals surface area (Å²) in [5, 5.41) is 6.91. The number of halogens is 1. The Labute approximate surface area is 157 Å². The largest absolute Gasteiger partial charge is 0.352 e. The van der Waals surface area contributed by atoms with E-state index in [-0.39, 0.29) is 17.2 Å². The second kappa shape index (κ2) is 6.41. The molecule has 8 heteroatoms. The molecule has 4 rings (SSSR count). The summed E-state index contributed by atoms with van der Waals surface area (Å²) in [6.07, 6.45) is 0. The molecule has 0 N–H and O–H groups in total. The van der Waals surface area contributed by atoms with Gasteiger partial charge < -0.3 is 0 Å². The molecule has 0 spiro atoms. The first-order valence-electron chi connectivity index (χ1n) is 8.29. The van der Waals surface area contributed by atoms with Crippen molar-refractivity contribution in [2.24, 2.45) is 5.92 Å². The summed E-state index contributed by atoms with van der Waals surface area (Å²) in [5.74, 6) is 0.628. The summed E-state index contributed by atoms with van der Waals surface area (Å²) in [6, 6.07) is 9.11. The SMILES string of the molecule is CC(C)Cn1c(=O)c2sccc2n2c(=O)n(Cc3cccc(Cl)c3)nc12. The number of fused-ring (bicyclic) bond motifs is 3. The lowest BCUT2D eigenvalue weighted by Crippen LogP contribution is -2.27. The molecule has 0 bridgehead atoms. The van der Waals surface area contributed by atoms with E-state index < -0.39 is 0 Å². The molecule has 134 valence electrons. The first-order chi connectivity index (χ1) is 12.5. The van der Waals surface area contributed by atoms with E-state index in [1.54, 1.807) is 22.8 Å². The normalized spacial score (nSPS) is 11.8. The summed E-state index contributed by atoms with van der Waals surface area (Å²) >= 11 is 7.39. The molecule has 0 saturated carbocycles. The van der Waals surface area contributed by atoms with Gasteiger partial charge >= 0.3 is 5.69 Å². The highest BCUT2D eigenvalue weighted by Gasteiger charge is 2.18. The molecule has 0 fully saturated rings. The predicted octanol–water partition coefficient (Wildman–Crippen LogP) is 3.23. The number of hydrogen-bond donors (Lipinski definition) is 0. The highest BCUT2D eigenvalue weighted by molar-refractivity contribution is 7.17. The Bertz CT molecular complexity index is 1230. The molecule has 6 nitrogen and oxygen atoms in total. The summed E-state index contributed by atoms with van der Waals surface area (Å²) in [6.45, 7) is 4.86. The van der Waals surface area contributed by atoms with Crippen molar-refractivity contribution < 1.29 is 0 Å². The summed E-state index contributed by atoms with van der Waals surface area (Å²) in [5.41, 5.74) is 1.12. The zero-order valence-electron chi connectivity index (χ0n) is 14.3. The third-order valence-corrected chi connectivity index (χ3v) is 5.28. The lowest BCUT2D eigenvalue weighted by Gasteiger charge is -2.09. The molecule has 0 aliphatic carbocycles. The molecule has 0 atom stereocenters. The third-order valence-electron chi connectivity index (χ3n) is 4.16. The molecular formula is C18H17ClN4O2S. The molecule has 0 aliphatic heterocycles. The van der Waals surface area contributed by atoms with E-state index in [0.29, 0.717) is 34.1 Å². The van der Waals surface area contributed by atoms with Gasteiger partial charge in [-0.1, -0.05) is 37.6 Å². The second-order valence-corrected chi connectivity index (χ2v) is 8.00. The van der Waals surface area contributed by atoms with Gasteiger partial charge in [-0.25, -0.2) is 13.9 Å². The van der Waals surface area contributed by atoms with Gasteiger partial charge in [-0.3, -0.25) is 9.36 Å². The quantitative estimate of drug-likeness (QED) is 0.539. The van der Waals surface area contributed by atoms with E-state index in [0.717, 1.165) is 5.56 Å². The molecular weight excluding hydrogens is 372 g/mol. The van der Waals surface area contributed by atoms with Crippen LogP contribution in [0.5, 0.6) is 0 Å². The zero-order chi connectivity index (χ0) is 18.4. The lowest BCUT2D eigenvalue weighted by atomic mass is 10.2. The fourth-order valence-corrected chi connectivity index (χ4v) is 4.11. The van der Waals surface area contributed by atoms with Crippen LogP contribution in [0, 0.1) is 5.92 Å². The van der Waals surface area contributed by atoms with Crippen molar-refractivity contribution in [3.05, 3.63) is 67.1 Å². The van der Waals surface area contributed by atoms with E-state index in [2.05, 4.69) is 5.10 Å². The Morgan fingerprint density at radius 3 is 2.77 bits per heavy atom. The van der Waals surface area contributed by atoms with Crippen molar-refractivity contribution >= 4 is 38.9 Å². The zero-order valence-corrected chi connectivity index (χ0v) is 15.9. The Morgan fingerprint density at radius 2 is 2.04 bits per heavy atom. The average molecular weight is 389 g/mol. The molecule has 3 heterocycles. The predicted molar refractivity (Wildman–Crippen MR) is 104 cm³/mol. The molecule has 0 amide bonds. The Morgan fingerprint density at radius 1 is 1.23 bits per heavy atom. The van der Waals surface area contributed by atoms with Gasteiger partial charge in [0, 0.05) is 11.6 Å². The molecule has 1 aromatic carbocycles. The first kappa shape index (κ1) is 17.1. The number of nitrogens with zero attached hydrogens (tertiary/aromatic N) is 4. The minimum atomic E-state index is -0.263. The maximum Gasteiger partial charge on any atom is 0.352 e. The standard InChI is InChI=1S/C18H17ClN4O2S/c1-11(2)9-21-16(24)15-14(6-7-26-15)23-17(21)20-22(18(23)25)10-12-4-3-5-13(19)8-12/h3-8,11H,9-10H2,1-2H3. The van der Waals surface area contributed by atoms with E-state index >= 15 is 0 Å². The maximum absolute atomic E-state index is 13.0. The van der Waals surface area contributed by atoms with E-state index in [1.165, 1.54) is 20.4 Å². The first-order valence-corrected chi connectivity index (χ1v) is 9.55. The van der Waals surface area contributed by atoms with Crippen molar-refractivity contribution in [1.82, 2.24) is 18.7 Å². The molecule has 4 aromatic rings. The number of aromatic nitrogens is 4. The fraction of sp³-hybridized carbons (Fsp3) is 0.278. The highest BCUT2D eigenvalue weighted by Crippen LogP contribution is 2.18. The molecule has 0 radical (unpaired) electrons. The van der Waals surface area contributed by atoms with Gasteiger partial charge in [-0.2, -0.15) is 0 Å². The van der Waals surface area contributed by atoms with Crippen molar-refractivity contribution in [2.75, 3.05) is 0 Å². The van der Waals surface area contributed by atoms with Crippen LogP contribution in [0.2, 0.25) is 5.02 Å². The number of benzene rings is 1. The maximum atomic E-state index is 13.0. The van der Waals surface area contributed by atoms with Crippen LogP contribution in [0.25, 0.3) is 16.0 Å². The third kappa shape index (κ3) is 2.77. The van der Waals surface area contributed by atoms with Crippen molar-refractivity contribution in [3.63, 3.8) is 0 Å². The van der Waals surface area contributed by atoms with Gasteiger partial charge in [0.1, 0.15) is 4.70 Å². The van der Waals surface area contributed by atoms with Gasteiger partial charge in [0.05, 0.1) is 12.1 Å². The van der Waals surface area contributed by atoms with Crippen LogP contribution in [-0.2, 0) is 13.1 Å². The molecule has 0 unspecified atom stereocenters. The van der Waals surface area contributed by atoms with Gasteiger partial charge in [-0.05, 0) is 35.1 Å². The molecule has 26 heavy (non-hydrogen) atoms. The van der Waals surface area contributed by atoms with Crippen LogP contribution in [0.15, 0.2) is 45.3 Å². The van der Waals surface area contributed by atoms with Gasteiger partial charge in [-0.15, -0.1) is 16.4 Å². The summed E-state index contributed by atoms with van der Waals surface area (Å²) in [7, 11) is 0. The number of thiophene rings is 1. The van der Waals surface area contributed by atoms with E-state index in [9.17, 15) is 9.59 Å². The highest BCUT2D eigenvalue weighted by atomic mass is 35.5. The lowest BCUT2D eigenvalue weighted by molar-refractivity contribution is 0.516. The number of hydrogen-bond acceptors (Lipinski definition) is 4. The molecule has 0 saturated heterocycles. The van der Waals surface area contributed by atoms with Crippen molar-refractivity contribution in [2.45, 2.75) is 26.9 Å². The van der Waals surface area contributed by atoms with Crippen LogP contribution in [-0.4, -0.2) is 18.7 Å². The van der Waals surface area contributed by atoms with Gasteiger partial charge in [0.25, 0.3) is 5.56 Å². The Balaban J connectivity index is 1.98. The van der Waals surface area contributed by atoms with Crippen molar-refractivity contribution in [3.8, 4) is 0 Å².